The number of nitrogens with one attached hydrogen (secondary N) is 1. The molecule has 0 saturated carbocycles. The fourth-order valence-electron chi connectivity index (χ4n) is 1.08. The van der Waals surface area contributed by atoms with Crippen LogP contribution < -0.4 is 5.32 Å². The average molecular weight is 211 g/mol. The van der Waals surface area contributed by atoms with Crippen molar-refractivity contribution in [3.63, 3.8) is 0 Å². The molecule has 1 unspecified atom stereocenters. The summed E-state index contributed by atoms with van der Waals surface area (Å²) in [4.78, 5) is 22.5. The van der Waals surface area contributed by atoms with E-state index in [0.29, 0.717) is 11.3 Å². The minimum atomic E-state index is -0.669. The van der Waals surface area contributed by atoms with Crippen LogP contribution in [-0.2, 0) is 9.53 Å². The summed E-state index contributed by atoms with van der Waals surface area (Å²) < 4.78 is 9.45. The molecule has 1 aromatic rings. The van der Waals surface area contributed by atoms with Gasteiger partial charge in [0.25, 0.3) is 5.91 Å². The van der Waals surface area contributed by atoms with E-state index in [1.165, 1.54) is 13.4 Å². The van der Waals surface area contributed by atoms with Crippen molar-refractivity contribution in [2.24, 2.45) is 0 Å². The van der Waals surface area contributed by atoms with Crippen molar-refractivity contribution in [1.29, 1.82) is 0 Å². The van der Waals surface area contributed by atoms with Crippen molar-refractivity contribution in [3.8, 4) is 0 Å². The van der Waals surface area contributed by atoms with Gasteiger partial charge >= 0.3 is 5.97 Å². The van der Waals surface area contributed by atoms with Gasteiger partial charge in [-0.05, 0) is 19.9 Å². The second kappa shape index (κ2) is 4.63. The summed E-state index contributed by atoms with van der Waals surface area (Å²) in [7, 11) is 1.27. The molecule has 1 aromatic heterocycles. The predicted molar refractivity (Wildman–Crippen MR) is 52.4 cm³/mol. The Hall–Kier alpha value is -1.78. The molecule has 0 saturated heterocycles. The van der Waals surface area contributed by atoms with Crippen LogP contribution in [0, 0.1) is 6.92 Å². The maximum atomic E-state index is 11.5. The largest absolute Gasteiger partial charge is 0.469 e. The summed E-state index contributed by atoms with van der Waals surface area (Å²) in [6.45, 7) is 3.29. The lowest BCUT2D eigenvalue weighted by Gasteiger charge is -2.09. The molecule has 0 fully saturated rings. The molecule has 82 valence electrons. The Balaban J connectivity index is 2.60. The second-order valence-corrected chi connectivity index (χ2v) is 3.16. The monoisotopic (exact) mass is 211 g/mol. The minimum absolute atomic E-state index is 0.357. The summed E-state index contributed by atoms with van der Waals surface area (Å²) in [5.74, 6) is -0.195. The number of amides is 1. The van der Waals surface area contributed by atoms with E-state index >= 15 is 0 Å². The molecule has 1 rings (SSSR count). The van der Waals surface area contributed by atoms with E-state index in [1.54, 1.807) is 19.9 Å². The van der Waals surface area contributed by atoms with Gasteiger partial charge in [-0.1, -0.05) is 0 Å². The molecule has 0 aliphatic heterocycles. The van der Waals surface area contributed by atoms with E-state index in [4.69, 9.17) is 4.42 Å². The van der Waals surface area contributed by atoms with Gasteiger partial charge < -0.3 is 14.5 Å². The molecule has 0 aliphatic carbocycles. The standard InChI is InChI=1S/C10H13NO4/c1-6-4-8(5-15-6)9(12)11-7(2)10(13)14-3/h4-5,7H,1-3H3,(H,11,12). The molecule has 0 spiro atoms. The summed E-state index contributed by atoms with van der Waals surface area (Å²) in [5.41, 5.74) is 0.392. The first kappa shape index (κ1) is 11.3. The summed E-state index contributed by atoms with van der Waals surface area (Å²) in [6, 6.07) is 0.928. The molecule has 1 heterocycles. The van der Waals surface area contributed by atoms with Gasteiger partial charge in [0, 0.05) is 0 Å². The third-order valence-electron chi connectivity index (χ3n) is 1.90. The molecule has 0 aromatic carbocycles. The maximum absolute atomic E-state index is 11.5. The fraction of sp³-hybridized carbons (Fsp3) is 0.400. The Morgan fingerprint density at radius 1 is 1.53 bits per heavy atom. The Kier molecular flexibility index (Phi) is 3.49. The van der Waals surface area contributed by atoms with E-state index < -0.39 is 12.0 Å². The third kappa shape index (κ3) is 2.83. The number of rotatable bonds is 3. The van der Waals surface area contributed by atoms with E-state index in [-0.39, 0.29) is 5.91 Å². The molecule has 5 heteroatoms. The van der Waals surface area contributed by atoms with Crippen molar-refractivity contribution in [2.45, 2.75) is 19.9 Å². The van der Waals surface area contributed by atoms with Gasteiger partial charge in [-0.3, -0.25) is 4.79 Å². The van der Waals surface area contributed by atoms with Crippen LogP contribution >= 0.6 is 0 Å². The van der Waals surface area contributed by atoms with Crippen molar-refractivity contribution in [3.05, 3.63) is 23.7 Å². The lowest BCUT2D eigenvalue weighted by atomic mass is 10.2. The summed E-state index contributed by atoms with van der Waals surface area (Å²) >= 11 is 0. The van der Waals surface area contributed by atoms with E-state index in [1.807, 2.05) is 0 Å². The van der Waals surface area contributed by atoms with Gasteiger partial charge in [0.05, 0.1) is 12.7 Å². The van der Waals surface area contributed by atoms with Crippen LogP contribution in [0.1, 0.15) is 23.0 Å². The van der Waals surface area contributed by atoms with Gasteiger partial charge in [0.15, 0.2) is 0 Å². The van der Waals surface area contributed by atoms with Crippen molar-refractivity contribution in [1.82, 2.24) is 5.32 Å². The number of hydrogen-bond acceptors (Lipinski definition) is 4. The number of aryl methyl sites for hydroxylation is 1. The second-order valence-electron chi connectivity index (χ2n) is 3.16. The van der Waals surface area contributed by atoms with Crippen molar-refractivity contribution >= 4 is 11.9 Å². The molecule has 1 atom stereocenters. The van der Waals surface area contributed by atoms with Gasteiger partial charge in [-0.2, -0.15) is 0 Å². The first-order valence-electron chi connectivity index (χ1n) is 4.48. The zero-order chi connectivity index (χ0) is 11.4. The predicted octanol–water partition coefficient (Wildman–Crippen LogP) is 0.879. The van der Waals surface area contributed by atoms with Crippen molar-refractivity contribution in [2.75, 3.05) is 7.11 Å². The quantitative estimate of drug-likeness (QED) is 0.753. The smallest absolute Gasteiger partial charge is 0.328 e. The molecule has 0 bridgehead atoms. The highest BCUT2D eigenvalue weighted by Crippen LogP contribution is 2.06. The Bertz CT molecular complexity index is 369. The first-order chi connectivity index (χ1) is 7.04. The highest BCUT2D eigenvalue weighted by Gasteiger charge is 2.17. The Morgan fingerprint density at radius 3 is 2.67 bits per heavy atom. The van der Waals surface area contributed by atoms with Crippen LogP contribution in [-0.4, -0.2) is 25.0 Å². The maximum Gasteiger partial charge on any atom is 0.328 e. The molecular weight excluding hydrogens is 198 g/mol. The van der Waals surface area contributed by atoms with Crippen LogP contribution in [0.25, 0.3) is 0 Å². The zero-order valence-corrected chi connectivity index (χ0v) is 8.87. The normalized spacial score (nSPS) is 11.9. The van der Waals surface area contributed by atoms with Gasteiger partial charge in [-0.25, -0.2) is 4.79 Å². The van der Waals surface area contributed by atoms with Gasteiger partial charge in [0.2, 0.25) is 0 Å². The van der Waals surface area contributed by atoms with E-state index in [2.05, 4.69) is 10.1 Å². The topological polar surface area (TPSA) is 68.5 Å². The molecule has 1 amide bonds. The highest BCUT2D eigenvalue weighted by atomic mass is 16.5. The number of carbonyl (C=O) groups is 2. The van der Waals surface area contributed by atoms with Crippen LogP contribution in [0.3, 0.4) is 0 Å². The Labute approximate surface area is 87.4 Å². The zero-order valence-electron chi connectivity index (χ0n) is 8.87. The summed E-state index contributed by atoms with van der Waals surface area (Å²) in [5, 5.41) is 2.49. The van der Waals surface area contributed by atoms with Crippen LogP contribution in [0.5, 0.6) is 0 Å². The number of esters is 1. The van der Waals surface area contributed by atoms with Gasteiger partial charge in [-0.15, -0.1) is 0 Å². The SMILES string of the molecule is COC(=O)C(C)NC(=O)c1coc(C)c1. The lowest BCUT2D eigenvalue weighted by molar-refractivity contribution is -0.142. The number of hydrogen-bond donors (Lipinski definition) is 1. The minimum Gasteiger partial charge on any atom is -0.469 e. The number of ether oxygens (including phenoxy) is 1. The molecule has 1 N–H and O–H groups in total. The molecule has 0 aliphatic rings. The lowest BCUT2D eigenvalue weighted by Crippen LogP contribution is -2.38. The number of furan rings is 1. The van der Waals surface area contributed by atoms with Crippen LogP contribution in [0.2, 0.25) is 0 Å². The van der Waals surface area contributed by atoms with Crippen molar-refractivity contribution < 1.29 is 18.7 Å². The first-order valence-corrected chi connectivity index (χ1v) is 4.48. The molecular formula is C10H13NO4. The average Bonchev–Trinajstić information content (AvgIpc) is 2.63. The molecule has 15 heavy (non-hydrogen) atoms. The van der Waals surface area contributed by atoms with Crippen LogP contribution in [0.4, 0.5) is 0 Å². The van der Waals surface area contributed by atoms with E-state index in [0.717, 1.165) is 0 Å². The number of methoxy groups -OCH3 is 1. The van der Waals surface area contributed by atoms with Crippen LogP contribution in [0.15, 0.2) is 16.7 Å². The summed E-state index contributed by atoms with van der Waals surface area (Å²) in [6.07, 6.45) is 1.34. The number of carbonyl (C=O) groups excluding carboxylic acids is 2. The molecule has 0 radical (unpaired) electrons. The highest BCUT2D eigenvalue weighted by molar-refractivity contribution is 5.96. The third-order valence-corrected chi connectivity index (χ3v) is 1.90. The fourth-order valence-corrected chi connectivity index (χ4v) is 1.08. The van der Waals surface area contributed by atoms with E-state index in [9.17, 15) is 9.59 Å². The van der Waals surface area contributed by atoms with Gasteiger partial charge in [0.1, 0.15) is 18.1 Å². The molecule has 5 nitrogen and oxygen atoms in total. The Morgan fingerprint density at radius 2 is 2.20 bits per heavy atom.